The Morgan fingerprint density at radius 2 is 1.77 bits per heavy atom. The maximum Gasteiger partial charge on any atom is 0.304 e. The van der Waals surface area contributed by atoms with E-state index in [1.165, 1.54) is 16.2 Å². The standard InChI is InChI=1S/C31H31N3O5S/c1-34(30(37)23(18-29(35)36)17-21-7-3-2-4-8-21)31-33-27(20-40-31)26-10-6-5-9-25(26)22-11-12-28(32-19-22)39-24-13-15-38-16-14-24/h2-12,19-20,23-24H,13-18H2,1H3,(H,35,36). The summed E-state index contributed by atoms with van der Waals surface area (Å²) in [5, 5.41) is 11.9. The molecule has 0 bridgehead atoms. The van der Waals surface area contributed by atoms with Gasteiger partial charge < -0.3 is 14.6 Å². The largest absolute Gasteiger partial charge is 0.481 e. The summed E-state index contributed by atoms with van der Waals surface area (Å²) in [6, 6.07) is 21.3. The second-order valence-corrected chi connectivity index (χ2v) is 10.6. The van der Waals surface area contributed by atoms with E-state index in [0.29, 0.717) is 30.6 Å². The lowest BCUT2D eigenvalue weighted by atomic mass is 9.95. The fourth-order valence-corrected chi connectivity index (χ4v) is 5.59. The van der Waals surface area contributed by atoms with Gasteiger partial charge in [0.2, 0.25) is 11.8 Å². The molecule has 40 heavy (non-hydrogen) atoms. The quantitative estimate of drug-likeness (QED) is 0.266. The molecule has 1 atom stereocenters. The molecule has 1 aliphatic heterocycles. The van der Waals surface area contributed by atoms with Gasteiger partial charge in [0.05, 0.1) is 31.2 Å². The topological polar surface area (TPSA) is 102 Å². The van der Waals surface area contributed by atoms with Crippen LogP contribution in [0.3, 0.4) is 0 Å². The minimum absolute atomic E-state index is 0.121. The van der Waals surface area contributed by atoms with E-state index in [0.717, 1.165) is 40.8 Å². The van der Waals surface area contributed by atoms with Crippen molar-refractivity contribution in [3.05, 3.63) is 83.9 Å². The van der Waals surface area contributed by atoms with Crippen molar-refractivity contribution in [2.24, 2.45) is 5.92 Å². The van der Waals surface area contributed by atoms with Crippen LogP contribution < -0.4 is 9.64 Å². The summed E-state index contributed by atoms with van der Waals surface area (Å²) in [6.45, 7) is 1.42. The number of ether oxygens (including phenoxy) is 2. The number of aromatic nitrogens is 2. The molecular formula is C31H31N3O5S. The molecule has 1 amide bonds. The number of carboxylic acids is 1. The molecule has 0 aliphatic carbocycles. The molecular weight excluding hydrogens is 526 g/mol. The molecule has 8 nitrogen and oxygen atoms in total. The number of rotatable bonds is 10. The Labute approximate surface area is 237 Å². The van der Waals surface area contributed by atoms with E-state index in [1.807, 2.05) is 72.1 Å². The predicted octanol–water partition coefficient (Wildman–Crippen LogP) is 5.73. The number of carbonyl (C=O) groups excluding carboxylic acids is 1. The summed E-state index contributed by atoms with van der Waals surface area (Å²) in [5.41, 5.74) is 4.46. The summed E-state index contributed by atoms with van der Waals surface area (Å²) < 4.78 is 11.4. The normalized spacial score (nSPS) is 14.4. The van der Waals surface area contributed by atoms with Crippen LogP contribution in [0.5, 0.6) is 5.88 Å². The lowest BCUT2D eigenvalue weighted by Crippen LogP contribution is -2.35. The molecule has 3 heterocycles. The van der Waals surface area contributed by atoms with Crippen LogP contribution in [-0.2, 0) is 20.7 Å². The van der Waals surface area contributed by atoms with Crippen molar-refractivity contribution in [2.75, 3.05) is 25.2 Å². The van der Waals surface area contributed by atoms with Gasteiger partial charge in [-0.3, -0.25) is 14.5 Å². The Hall–Kier alpha value is -4.08. The van der Waals surface area contributed by atoms with E-state index in [-0.39, 0.29) is 18.4 Å². The number of anilines is 1. The van der Waals surface area contributed by atoms with Gasteiger partial charge in [-0.15, -0.1) is 11.3 Å². The maximum atomic E-state index is 13.4. The van der Waals surface area contributed by atoms with Crippen molar-refractivity contribution in [3.63, 3.8) is 0 Å². The van der Waals surface area contributed by atoms with Crippen LogP contribution in [0.2, 0.25) is 0 Å². The first-order chi connectivity index (χ1) is 19.5. The van der Waals surface area contributed by atoms with Gasteiger partial charge >= 0.3 is 5.97 Å². The number of pyridine rings is 1. The number of hydrogen-bond donors (Lipinski definition) is 1. The first kappa shape index (κ1) is 27.5. The average molecular weight is 558 g/mol. The highest BCUT2D eigenvalue weighted by Gasteiger charge is 2.27. The first-order valence-corrected chi connectivity index (χ1v) is 14.1. The zero-order valence-electron chi connectivity index (χ0n) is 22.2. The highest BCUT2D eigenvalue weighted by atomic mass is 32.1. The van der Waals surface area contributed by atoms with Gasteiger partial charge in [0.1, 0.15) is 6.10 Å². The predicted molar refractivity (Wildman–Crippen MR) is 155 cm³/mol. The number of carbonyl (C=O) groups is 2. The van der Waals surface area contributed by atoms with E-state index in [2.05, 4.69) is 4.98 Å². The van der Waals surface area contributed by atoms with Gasteiger partial charge in [-0.1, -0.05) is 54.6 Å². The highest BCUT2D eigenvalue weighted by Crippen LogP contribution is 2.35. The summed E-state index contributed by atoms with van der Waals surface area (Å²) >= 11 is 1.35. The number of benzene rings is 2. The van der Waals surface area contributed by atoms with Gasteiger partial charge in [0.15, 0.2) is 5.13 Å². The van der Waals surface area contributed by atoms with Crippen molar-refractivity contribution in [1.82, 2.24) is 9.97 Å². The van der Waals surface area contributed by atoms with Crippen LogP contribution >= 0.6 is 11.3 Å². The second-order valence-electron chi connectivity index (χ2n) is 9.76. The lowest BCUT2D eigenvalue weighted by Gasteiger charge is -2.22. The molecule has 0 radical (unpaired) electrons. The molecule has 0 saturated carbocycles. The van der Waals surface area contributed by atoms with E-state index in [4.69, 9.17) is 14.5 Å². The SMILES string of the molecule is CN(C(=O)C(CC(=O)O)Cc1ccccc1)c1nc(-c2ccccc2-c2ccc(OC3CCOCC3)nc2)cs1. The van der Waals surface area contributed by atoms with E-state index in [9.17, 15) is 14.7 Å². The van der Waals surface area contributed by atoms with Gasteiger partial charge in [-0.2, -0.15) is 0 Å². The summed E-state index contributed by atoms with van der Waals surface area (Å²) in [6.07, 6.45) is 3.74. The second kappa shape index (κ2) is 12.8. The van der Waals surface area contributed by atoms with Crippen molar-refractivity contribution >= 4 is 28.3 Å². The lowest BCUT2D eigenvalue weighted by molar-refractivity contribution is -0.140. The zero-order valence-corrected chi connectivity index (χ0v) is 23.0. The fourth-order valence-electron chi connectivity index (χ4n) is 4.80. The maximum absolute atomic E-state index is 13.4. The van der Waals surface area contributed by atoms with E-state index < -0.39 is 11.9 Å². The van der Waals surface area contributed by atoms with Crippen LogP contribution in [0.15, 0.2) is 78.3 Å². The molecule has 9 heteroatoms. The third-order valence-corrected chi connectivity index (χ3v) is 7.83. The molecule has 4 aromatic rings. The molecule has 1 unspecified atom stereocenters. The highest BCUT2D eigenvalue weighted by molar-refractivity contribution is 7.14. The van der Waals surface area contributed by atoms with Crippen LogP contribution in [0.1, 0.15) is 24.8 Å². The Morgan fingerprint density at radius 3 is 2.48 bits per heavy atom. The third-order valence-electron chi connectivity index (χ3n) is 6.91. The summed E-state index contributed by atoms with van der Waals surface area (Å²) in [5.74, 6) is -1.38. The molecule has 1 saturated heterocycles. The minimum atomic E-state index is -1.01. The summed E-state index contributed by atoms with van der Waals surface area (Å²) in [7, 11) is 1.65. The molecule has 1 fully saturated rings. The molecule has 1 aliphatic rings. The third kappa shape index (κ3) is 6.73. The van der Waals surface area contributed by atoms with Gasteiger partial charge in [-0.25, -0.2) is 9.97 Å². The number of amides is 1. The van der Waals surface area contributed by atoms with Crippen LogP contribution in [0.4, 0.5) is 5.13 Å². The molecule has 1 N–H and O–H groups in total. The zero-order chi connectivity index (χ0) is 27.9. The van der Waals surface area contributed by atoms with Gasteiger partial charge in [0.25, 0.3) is 0 Å². The van der Waals surface area contributed by atoms with Crippen LogP contribution in [0.25, 0.3) is 22.4 Å². The number of hydrogen-bond acceptors (Lipinski definition) is 7. The Bertz CT molecular complexity index is 1430. The smallest absolute Gasteiger partial charge is 0.304 e. The number of carboxylic acid groups (broad SMARTS) is 1. The average Bonchev–Trinajstić information content (AvgIpc) is 3.48. The number of aliphatic carboxylic acids is 1. The fraction of sp³-hybridized carbons (Fsp3) is 0.290. The van der Waals surface area contributed by atoms with Crippen LogP contribution in [-0.4, -0.2) is 53.3 Å². The van der Waals surface area contributed by atoms with Crippen molar-refractivity contribution in [2.45, 2.75) is 31.8 Å². The number of thiazole rings is 1. The van der Waals surface area contributed by atoms with Crippen molar-refractivity contribution in [1.29, 1.82) is 0 Å². The Balaban J connectivity index is 1.33. The molecule has 206 valence electrons. The van der Waals surface area contributed by atoms with Crippen molar-refractivity contribution in [3.8, 4) is 28.3 Å². The minimum Gasteiger partial charge on any atom is -0.481 e. The Morgan fingerprint density at radius 1 is 1.05 bits per heavy atom. The van der Waals surface area contributed by atoms with E-state index in [1.54, 1.807) is 13.2 Å². The van der Waals surface area contributed by atoms with E-state index >= 15 is 0 Å². The molecule has 0 spiro atoms. The number of nitrogens with zero attached hydrogens (tertiary/aromatic N) is 3. The summed E-state index contributed by atoms with van der Waals surface area (Å²) in [4.78, 5) is 35.7. The van der Waals surface area contributed by atoms with Gasteiger partial charge in [0, 0.05) is 48.7 Å². The molecule has 2 aromatic carbocycles. The first-order valence-electron chi connectivity index (χ1n) is 13.3. The van der Waals surface area contributed by atoms with Crippen molar-refractivity contribution < 1.29 is 24.2 Å². The van der Waals surface area contributed by atoms with Crippen LogP contribution in [0, 0.1) is 5.92 Å². The van der Waals surface area contributed by atoms with Gasteiger partial charge in [-0.05, 0) is 23.6 Å². The molecule has 5 rings (SSSR count). The molecule has 2 aromatic heterocycles. The Kier molecular flexibility index (Phi) is 8.83. The monoisotopic (exact) mass is 557 g/mol.